The summed E-state index contributed by atoms with van der Waals surface area (Å²) < 4.78 is 26.1. The summed E-state index contributed by atoms with van der Waals surface area (Å²) in [5.74, 6) is -1.45. The molecule has 1 amide bonds. The van der Waals surface area contributed by atoms with Crippen LogP contribution in [-0.2, 0) is 11.2 Å². The van der Waals surface area contributed by atoms with E-state index in [2.05, 4.69) is 0 Å². The maximum absolute atomic E-state index is 13.3. The minimum atomic E-state index is -1.09. The SMILES string of the molecule is CC(O)C(=O)N(C)CCc1cc(F)ccc1F. The van der Waals surface area contributed by atoms with E-state index in [1.165, 1.54) is 18.9 Å². The van der Waals surface area contributed by atoms with Crippen LogP contribution >= 0.6 is 0 Å². The third kappa shape index (κ3) is 3.78. The van der Waals surface area contributed by atoms with Crippen LogP contribution < -0.4 is 0 Å². The topological polar surface area (TPSA) is 40.5 Å². The number of likely N-dealkylation sites (N-methyl/N-ethyl adjacent to an activating group) is 1. The Morgan fingerprint density at radius 2 is 2.12 bits per heavy atom. The smallest absolute Gasteiger partial charge is 0.250 e. The molecule has 17 heavy (non-hydrogen) atoms. The summed E-state index contributed by atoms with van der Waals surface area (Å²) in [7, 11) is 1.51. The summed E-state index contributed by atoms with van der Waals surface area (Å²) in [6.45, 7) is 1.59. The molecule has 1 N–H and O–H groups in total. The summed E-state index contributed by atoms with van der Waals surface area (Å²) in [5, 5.41) is 9.06. The molecule has 0 radical (unpaired) electrons. The number of aliphatic hydroxyl groups is 1. The zero-order valence-electron chi connectivity index (χ0n) is 9.78. The first kappa shape index (κ1) is 13.6. The van der Waals surface area contributed by atoms with E-state index < -0.39 is 23.6 Å². The molecule has 0 aromatic heterocycles. The molecule has 0 aliphatic rings. The standard InChI is InChI=1S/C12H15F2NO2/c1-8(16)12(17)15(2)6-5-9-7-10(13)3-4-11(9)14/h3-4,7-8,16H,5-6H2,1-2H3. The van der Waals surface area contributed by atoms with Crippen molar-refractivity contribution < 1.29 is 18.7 Å². The third-order valence-corrected chi connectivity index (χ3v) is 2.46. The van der Waals surface area contributed by atoms with E-state index in [9.17, 15) is 13.6 Å². The number of benzene rings is 1. The molecule has 5 heteroatoms. The number of rotatable bonds is 4. The average molecular weight is 243 g/mol. The third-order valence-electron chi connectivity index (χ3n) is 2.46. The predicted octanol–water partition coefficient (Wildman–Crippen LogP) is 1.35. The van der Waals surface area contributed by atoms with Crippen LogP contribution in [0.25, 0.3) is 0 Å². The van der Waals surface area contributed by atoms with Gasteiger partial charge in [-0.2, -0.15) is 0 Å². The summed E-state index contributed by atoms with van der Waals surface area (Å²) in [6, 6.07) is 3.21. The van der Waals surface area contributed by atoms with Crippen molar-refractivity contribution in [3.05, 3.63) is 35.4 Å². The fourth-order valence-electron chi connectivity index (χ4n) is 1.45. The van der Waals surface area contributed by atoms with Crippen molar-refractivity contribution in [3.63, 3.8) is 0 Å². The monoisotopic (exact) mass is 243 g/mol. The zero-order chi connectivity index (χ0) is 13.0. The van der Waals surface area contributed by atoms with Crippen LogP contribution in [0, 0.1) is 11.6 Å². The molecule has 0 aliphatic heterocycles. The van der Waals surface area contributed by atoms with Crippen LogP contribution in [0.15, 0.2) is 18.2 Å². The van der Waals surface area contributed by atoms with Crippen LogP contribution in [0.4, 0.5) is 8.78 Å². The van der Waals surface area contributed by atoms with Gasteiger partial charge in [-0.15, -0.1) is 0 Å². The van der Waals surface area contributed by atoms with Gasteiger partial charge in [0.25, 0.3) is 5.91 Å². The highest BCUT2D eigenvalue weighted by Gasteiger charge is 2.14. The highest BCUT2D eigenvalue weighted by atomic mass is 19.1. The zero-order valence-corrected chi connectivity index (χ0v) is 9.78. The Morgan fingerprint density at radius 3 is 2.71 bits per heavy atom. The van der Waals surface area contributed by atoms with Gasteiger partial charge in [0.15, 0.2) is 0 Å². The summed E-state index contributed by atoms with van der Waals surface area (Å²) in [4.78, 5) is 12.6. The number of carbonyl (C=O) groups excluding carboxylic acids is 1. The normalized spacial score (nSPS) is 12.3. The molecule has 0 bridgehead atoms. The van der Waals surface area contributed by atoms with Crippen molar-refractivity contribution in [3.8, 4) is 0 Å². The molecule has 1 unspecified atom stereocenters. The molecular weight excluding hydrogens is 228 g/mol. The lowest BCUT2D eigenvalue weighted by molar-refractivity contribution is -0.137. The number of nitrogens with zero attached hydrogens (tertiary/aromatic N) is 1. The highest BCUT2D eigenvalue weighted by Crippen LogP contribution is 2.10. The van der Waals surface area contributed by atoms with E-state index in [1.807, 2.05) is 0 Å². The van der Waals surface area contributed by atoms with Gasteiger partial charge in [-0.3, -0.25) is 4.79 Å². The van der Waals surface area contributed by atoms with Gasteiger partial charge in [0, 0.05) is 13.6 Å². The van der Waals surface area contributed by atoms with Gasteiger partial charge < -0.3 is 10.0 Å². The Labute approximate surface area is 98.7 Å². The van der Waals surface area contributed by atoms with E-state index in [1.54, 1.807) is 0 Å². The predicted molar refractivity (Wildman–Crippen MR) is 59.4 cm³/mol. The van der Waals surface area contributed by atoms with Gasteiger partial charge in [0.2, 0.25) is 0 Å². The second-order valence-corrected chi connectivity index (χ2v) is 3.92. The average Bonchev–Trinajstić information content (AvgIpc) is 2.28. The van der Waals surface area contributed by atoms with Crippen LogP contribution in [0.1, 0.15) is 12.5 Å². The maximum atomic E-state index is 13.3. The molecule has 0 saturated carbocycles. The van der Waals surface area contributed by atoms with Crippen molar-refractivity contribution in [1.82, 2.24) is 4.90 Å². The fourth-order valence-corrected chi connectivity index (χ4v) is 1.45. The molecule has 0 fully saturated rings. The van der Waals surface area contributed by atoms with Gasteiger partial charge in [0.05, 0.1) is 0 Å². The Bertz CT molecular complexity index is 407. The molecular formula is C12H15F2NO2. The van der Waals surface area contributed by atoms with Crippen LogP contribution in [0.2, 0.25) is 0 Å². The first-order valence-corrected chi connectivity index (χ1v) is 5.28. The summed E-state index contributed by atoms with van der Waals surface area (Å²) in [5.41, 5.74) is 0.218. The summed E-state index contributed by atoms with van der Waals surface area (Å²) >= 11 is 0. The van der Waals surface area contributed by atoms with Crippen molar-refractivity contribution in [1.29, 1.82) is 0 Å². The molecule has 1 aromatic rings. The molecule has 1 atom stereocenters. The molecule has 0 saturated heterocycles. The molecule has 94 valence electrons. The van der Waals surface area contributed by atoms with Crippen LogP contribution in [0.5, 0.6) is 0 Å². The lowest BCUT2D eigenvalue weighted by Gasteiger charge is -2.18. The molecule has 0 aliphatic carbocycles. The van der Waals surface area contributed by atoms with Crippen molar-refractivity contribution >= 4 is 5.91 Å². The van der Waals surface area contributed by atoms with Gasteiger partial charge in [-0.1, -0.05) is 0 Å². The number of halogens is 2. The van der Waals surface area contributed by atoms with Gasteiger partial charge >= 0.3 is 0 Å². The molecule has 3 nitrogen and oxygen atoms in total. The van der Waals surface area contributed by atoms with E-state index in [-0.39, 0.29) is 18.5 Å². The lowest BCUT2D eigenvalue weighted by atomic mass is 10.1. The quantitative estimate of drug-likeness (QED) is 0.867. The van der Waals surface area contributed by atoms with Crippen LogP contribution in [-0.4, -0.2) is 35.6 Å². The van der Waals surface area contributed by atoms with E-state index in [0.717, 1.165) is 18.2 Å². The molecule has 1 rings (SSSR count). The second kappa shape index (κ2) is 5.72. The lowest BCUT2D eigenvalue weighted by Crippen LogP contribution is -2.36. The first-order valence-electron chi connectivity index (χ1n) is 5.28. The number of hydrogen-bond acceptors (Lipinski definition) is 2. The fraction of sp³-hybridized carbons (Fsp3) is 0.417. The minimum absolute atomic E-state index is 0.207. The summed E-state index contributed by atoms with van der Waals surface area (Å²) in [6.07, 6.45) is -0.879. The Kier molecular flexibility index (Phi) is 4.57. The number of aliphatic hydroxyl groups excluding tert-OH is 1. The van der Waals surface area contributed by atoms with E-state index in [4.69, 9.17) is 5.11 Å². The van der Waals surface area contributed by atoms with Crippen molar-refractivity contribution in [2.45, 2.75) is 19.4 Å². The van der Waals surface area contributed by atoms with E-state index >= 15 is 0 Å². The Morgan fingerprint density at radius 1 is 1.47 bits per heavy atom. The van der Waals surface area contributed by atoms with Crippen molar-refractivity contribution in [2.24, 2.45) is 0 Å². The molecule has 0 spiro atoms. The largest absolute Gasteiger partial charge is 0.384 e. The van der Waals surface area contributed by atoms with Crippen LogP contribution in [0.3, 0.4) is 0 Å². The Hall–Kier alpha value is -1.49. The maximum Gasteiger partial charge on any atom is 0.250 e. The first-order chi connectivity index (χ1) is 7.91. The minimum Gasteiger partial charge on any atom is -0.384 e. The van der Waals surface area contributed by atoms with Crippen molar-refractivity contribution in [2.75, 3.05) is 13.6 Å². The number of amides is 1. The Balaban J connectivity index is 2.61. The molecule has 1 aromatic carbocycles. The number of hydrogen-bond donors (Lipinski definition) is 1. The highest BCUT2D eigenvalue weighted by molar-refractivity contribution is 5.79. The second-order valence-electron chi connectivity index (χ2n) is 3.92. The van der Waals surface area contributed by atoms with Gasteiger partial charge in [0.1, 0.15) is 17.7 Å². The van der Waals surface area contributed by atoms with E-state index in [0.29, 0.717) is 0 Å². The van der Waals surface area contributed by atoms with Gasteiger partial charge in [-0.25, -0.2) is 8.78 Å². The molecule has 0 heterocycles. The van der Waals surface area contributed by atoms with Gasteiger partial charge in [-0.05, 0) is 37.1 Å². The number of carbonyl (C=O) groups is 1.